The van der Waals surface area contributed by atoms with Crippen molar-refractivity contribution in [3.05, 3.63) is 51.9 Å². The van der Waals surface area contributed by atoms with Crippen molar-refractivity contribution in [2.24, 2.45) is 13.0 Å². The van der Waals surface area contributed by atoms with Crippen LogP contribution in [0.5, 0.6) is 0 Å². The lowest BCUT2D eigenvalue weighted by atomic mass is 9.97. The Hall–Kier alpha value is -3.50. The third-order valence-corrected chi connectivity index (χ3v) is 7.11. The van der Waals surface area contributed by atoms with Crippen molar-refractivity contribution in [3.8, 4) is 11.4 Å². The summed E-state index contributed by atoms with van der Waals surface area (Å²) in [5, 5.41) is 22.0. The highest BCUT2D eigenvalue weighted by atomic mass is 16.4. The lowest BCUT2D eigenvalue weighted by Crippen LogP contribution is -2.44. The molecule has 1 fully saturated rings. The SMILES string of the molecule is CC(=O)N1CCC[C@H](Cn2c(-c3cc(C)c(=O)n(C)c3)nc3cc(CN[C@H](C(=O)O)[C@@H](C)O)ccc32)C1. The van der Waals surface area contributed by atoms with Crippen LogP contribution in [0.25, 0.3) is 22.4 Å². The molecular formula is C27H35N5O5. The smallest absolute Gasteiger partial charge is 0.323 e. The number of carbonyl (C=O) groups excluding carboxylic acids is 1. The number of fused-ring (bicyclic) bond motifs is 1. The molecule has 2 aromatic heterocycles. The number of aromatic nitrogens is 3. The summed E-state index contributed by atoms with van der Waals surface area (Å²) in [6.07, 6.45) is 2.71. The van der Waals surface area contributed by atoms with Gasteiger partial charge >= 0.3 is 5.97 Å². The fourth-order valence-corrected chi connectivity index (χ4v) is 5.14. The summed E-state index contributed by atoms with van der Waals surface area (Å²) in [6, 6.07) is 6.59. The standard InChI is InChI=1S/C27H35N5O5/c1-16-10-21(15-30(4)26(16)35)25-29-22-11-19(12-28-24(17(2)33)27(36)37)7-8-23(22)32(25)14-20-6-5-9-31(13-20)18(3)34/h7-8,10-11,15,17,20,24,28,33H,5-6,9,12-14H2,1-4H3,(H,36,37)/t17-,20+,24+/m1/s1. The Morgan fingerprint density at radius 1 is 1.27 bits per heavy atom. The van der Waals surface area contributed by atoms with Gasteiger partial charge in [-0.2, -0.15) is 0 Å². The average molecular weight is 510 g/mol. The van der Waals surface area contributed by atoms with Crippen molar-refractivity contribution < 1.29 is 19.8 Å². The summed E-state index contributed by atoms with van der Waals surface area (Å²) in [5.41, 5.74) is 3.92. The molecule has 0 saturated carbocycles. The Kier molecular flexibility index (Phi) is 7.79. The Bertz CT molecular complexity index is 1350. The number of carboxylic acid groups (broad SMARTS) is 1. The molecule has 3 N–H and O–H groups in total. The second-order valence-electron chi connectivity index (χ2n) is 10.1. The number of nitrogens with zero attached hydrogens (tertiary/aromatic N) is 4. The minimum absolute atomic E-state index is 0.0600. The van der Waals surface area contributed by atoms with Crippen molar-refractivity contribution in [2.75, 3.05) is 13.1 Å². The van der Waals surface area contributed by atoms with Gasteiger partial charge < -0.3 is 24.2 Å². The van der Waals surface area contributed by atoms with E-state index in [1.165, 1.54) is 6.92 Å². The first-order valence-corrected chi connectivity index (χ1v) is 12.6. The number of imidazole rings is 1. The monoisotopic (exact) mass is 509 g/mol. The number of aliphatic hydroxyl groups is 1. The number of carboxylic acids is 1. The lowest BCUT2D eigenvalue weighted by molar-refractivity contribution is -0.142. The van der Waals surface area contributed by atoms with Crippen LogP contribution in [0.2, 0.25) is 0 Å². The summed E-state index contributed by atoms with van der Waals surface area (Å²) in [4.78, 5) is 42.6. The molecule has 1 aromatic carbocycles. The van der Waals surface area contributed by atoms with E-state index < -0.39 is 18.1 Å². The Morgan fingerprint density at radius 2 is 2.03 bits per heavy atom. The number of carbonyl (C=O) groups is 2. The fourth-order valence-electron chi connectivity index (χ4n) is 5.14. The normalized spacial score (nSPS) is 17.6. The van der Waals surface area contributed by atoms with Crippen LogP contribution in [0, 0.1) is 12.8 Å². The summed E-state index contributed by atoms with van der Waals surface area (Å²) < 4.78 is 3.72. The Morgan fingerprint density at radius 3 is 2.68 bits per heavy atom. The van der Waals surface area contributed by atoms with Gasteiger partial charge in [0.25, 0.3) is 5.56 Å². The molecule has 198 valence electrons. The molecule has 4 rings (SSSR count). The van der Waals surface area contributed by atoms with Crippen molar-refractivity contribution in [2.45, 2.75) is 58.8 Å². The average Bonchev–Trinajstić information content (AvgIpc) is 3.19. The van der Waals surface area contributed by atoms with E-state index in [0.717, 1.165) is 47.4 Å². The highest BCUT2D eigenvalue weighted by Crippen LogP contribution is 2.29. The molecule has 0 spiro atoms. The van der Waals surface area contributed by atoms with Crippen LogP contribution in [0.15, 0.2) is 35.3 Å². The van der Waals surface area contributed by atoms with Crippen LogP contribution in [-0.4, -0.2) is 66.3 Å². The van der Waals surface area contributed by atoms with E-state index in [-0.39, 0.29) is 23.9 Å². The molecule has 3 heterocycles. The molecule has 0 unspecified atom stereocenters. The number of amides is 1. The molecule has 3 atom stereocenters. The number of aliphatic carboxylic acids is 1. The van der Waals surface area contributed by atoms with Crippen molar-refractivity contribution in [1.29, 1.82) is 0 Å². The van der Waals surface area contributed by atoms with Crippen LogP contribution in [0.4, 0.5) is 0 Å². The highest BCUT2D eigenvalue weighted by molar-refractivity contribution is 5.81. The molecule has 0 aliphatic carbocycles. The van der Waals surface area contributed by atoms with E-state index in [2.05, 4.69) is 9.88 Å². The van der Waals surface area contributed by atoms with Gasteiger partial charge in [-0.15, -0.1) is 0 Å². The zero-order chi connectivity index (χ0) is 26.9. The van der Waals surface area contributed by atoms with Crippen LogP contribution in [0.3, 0.4) is 0 Å². The number of rotatable bonds is 8. The quantitative estimate of drug-likeness (QED) is 0.423. The molecule has 1 aliphatic rings. The summed E-state index contributed by atoms with van der Waals surface area (Å²) in [7, 11) is 1.72. The molecule has 1 saturated heterocycles. The van der Waals surface area contributed by atoms with Gasteiger partial charge in [0.1, 0.15) is 11.9 Å². The van der Waals surface area contributed by atoms with Gasteiger partial charge in [-0.25, -0.2) is 4.98 Å². The van der Waals surface area contributed by atoms with E-state index in [4.69, 9.17) is 4.98 Å². The van der Waals surface area contributed by atoms with Crippen LogP contribution in [-0.2, 0) is 29.7 Å². The van der Waals surface area contributed by atoms with Gasteiger partial charge in [0, 0.05) is 57.5 Å². The van der Waals surface area contributed by atoms with Gasteiger partial charge in [-0.05, 0) is 56.4 Å². The molecule has 0 radical (unpaired) electrons. The van der Waals surface area contributed by atoms with Gasteiger partial charge in [-0.1, -0.05) is 6.07 Å². The predicted octanol–water partition coefficient (Wildman–Crippen LogP) is 1.89. The van der Waals surface area contributed by atoms with Gasteiger partial charge in [-0.3, -0.25) is 19.7 Å². The first kappa shape index (κ1) is 26.6. The van der Waals surface area contributed by atoms with Crippen molar-refractivity contribution in [1.82, 2.24) is 24.3 Å². The van der Waals surface area contributed by atoms with E-state index >= 15 is 0 Å². The van der Waals surface area contributed by atoms with Gasteiger partial charge in [0.05, 0.1) is 17.1 Å². The number of piperidine rings is 1. The highest BCUT2D eigenvalue weighted by Gasteiger charge is 2.25. The second-order valence-corrected chi connectivity index (χ2v) is 10.1. The predicted molar refractivity (Wildman–Crippen MR) is 140 cm³/mol. The minimum Gasteiger partial charge on any atom is -0.480 e. The van der Waals surface area contributed by atoms with E-state index in [1.807, 2.05) is 29.2 Å². The zero-order valence-corrected chi connectivity index (χ0v) is 21.8. The molecule has 1 aliphatic heterocycles. The molecule has 3 aromatic rings. The third-order valence-electron chi connectivity index (χ3n) is 7.11. The first-order chi connectivity index (χ1) is 17.5. The topological polar surface area (TPSA) is 130 Å². The maximum atomic E-state index is 12.3. The summed E-state index contributed by atoms with van der Waals surface area (Å²) in [5.74, 6) is -0.0137. The molecular weight excluding hydrogens is 474 g/mol. The van der Waals surface area contributed by atoms with Crippen molar-refractivity contribution in [3.63, 3.8) is 0 Å². The van der Waals surface area contributed by atoms with Crippen molar-refractivity contribution >= 4 is 22.9 Å². The largest absolute Gasteiger partial charge is 0.480 e. The number of hydrogen-bond acceptors (Lipinski definition) is 6. The molecule has 10 nitrogen and oxygen atoms in total. The maximum Gasteiger partial charge on any atom is 0.323 e. The Labute approximate surface area is 215 Å². The number of hydrogen-bond donors (Lipinski definition) is 3. The number of benzene rings is 1. The second kappa shape index (κ2) is 10.9. The maximum absolute atomic E-state index is 12.3. The van der Waals surface area contributed by atoms with E-state index in [0.29, 0.717) is 18.7 Å². The molecule has 1 amide bonds. The lowest BCUT2D eigenvalue weighted by Gasteiger charge is -2.32. The fraction of sp³-hybridized carbons (Fsp3) is 0.481. The number of likely N-dealkylation sites (tertiary alicyclic amines) is 1. The minimum atomic E-state index is -1.11. The molecule has 0 bridgehead atoms. The Balaban J connectivity index is 1.73. The molecule has 10 heteroatoms. The van der Waals surface area contributed by atoms with Gasteiger partial charge in [0.15, 0.2) is 0 Å². The van der Waals surface area contributed by atoms with Crippen LogP contribution >= 0.6 is 0 Å². The molecule has 37 heavy (non-hydrogen) atoms. The summed E-state index contributed by atoms with van der Waals surface area (Å²) in [6.45, 7) is 7.25. The van der Waals surface area contributed by atoms with Gasteiger partial charge in [0.2, 0.25) is 5.91 Å². The van der Waals surface area contributed by atoms with E-state index in [1.54, 1.807) is 31.7 Å². The first-order valence-electron chi connectivity index (χ1n) is 12.6. The zero-order valence-electron chi connectivity index (χ0n) is 21.8. The number of aliphatic hydroxyl groups excluding tert-OH is 1. The third kappa shape index (κ3) is 5.75. The summed E-state index contributed by atoms with van der Waals surface area (Å²) >= 11 is 0. The number of pyridine rings is 1. The van der Waals surface area contributed by atoms with Crippen LogP contribution in [0.1, 0.15) is 37.8 Å². The van der Waals surface area contributed by atoms with E-state index in [9.17, 15) is 24.6 Å². The van der Waals surface area contributed by atoms with Crippen LogP contribution < -0.4 is 10.9 Å². The number of aryl methyl sites for hydroxylation is 2. The number of nitrogens with one attached hydrogen (secondary N) is 1.